The molecular formula is C18H25NO3. The first-order chi connectivity index (χ1) is 10.7. The molecule has 1 atom stereocenters. The molecular weight excluding hydrogens is 278 g/mol. The molecule has 4 heteroatoms. The maximum absolute atomic E-state index is 12.3. The zero-order valence-electron chi connectivity index (χ0n) is 13.2. The van der Waals surface area contributed by atoms with E-state index in [-0.39, 0.29) is 17.8 Å². The number of carbonyl (C=O) groups is 2. The highest BCUT2D eigenvalue weighted by Gasteiger charge is 2.26. The third kappa shape index (κ3) is 4.86. The Morgan fingerprint density at radius 1 is 1.18 bits per heavy atom. The zero-order valence-corrected chi connectivity index (χ0v) is 13.2. The lowest BCUT2D eigenvalue weighted by Gasteiger charge is -2.24. The van der Waals surface area contributed by atoms with Crippen molar-refractivity contribution >= 4 is 11.9 Å². The normalized spacial score (nSPS) is 16.8. The molecule has 1 saturated carbocycles. The van der Waals surface area contributed by atoms with Gasteiger partial charge in [-0.3, -0.25) is 4.79 Å². The summed E-state index contributed by atoms with van der Waals surface area (Å²) >= 11 is 0. The van der Waals surface area contributed by atoms with Crippen molar-refractivity contribution in [2.75, 3.05) is 7.11 Å². The van der Waals surface area contributed by atoms with Crippen LogP contribution in [0, 0.1) is 5.92 Å². The van der Waals surface area contributed by atoms with Crippen LogP contribution in [0.1, 0.15) is 44.1 Å². The number of hydrogen-bond donors (Lipinski definition) is 1. The smallest absolute Gasteiger partial charge is 0.328 e. The van der Waals surface area contributed by atoms with Gasteiger partial charge in [-0.1, -0.05) is 49.6 Å². The van der Waals surface area contributed by atoms with Crippen LogP contribution in [0.5, 0.6) is 0 Å². The van der Waals surface area contributed by atoms with Crippen LogP contribution in [-0.4, -0.2) is 25.0 Å². The van der Waals surface area contributed by atoms with E-state index in [4.69, 9.17) is 4.74 Å². The molecule has 0 saturated heterocycles. The molecule has 4 nitrogen and oxygen atoms in total. The van der Waals surface area contributed by atoms with Crippen LogP contribution < -0.4 is 5.32 Å². The van der Waals surface area contributed by atoms with Gasteiger partial charge in [-0.15, -0.1) is 0 Å². The molecule has 0 spiro atoms. The third-order valence-corrected chi connectivity index (χ3v) is 4.34. The Kier molecular flexibility index (Phi) is 6.44. The molecule has 1 aromatic rings. The molecule has 1 aliphatic carbocycles. The van der Waals surface area contributed by atoms with Gasteiger partial charge in [0.15, 0.2) is 0 Å². The van der Waals surface area contributed by atoms with Crippen LogP contribution in [0.2, 0.25) is 0 Å². The Morgan fingerprint density at radius 2 is 1.86 bits per heavy atom. The molecule has 2 rings (SSSR count). The monoisotopic (exact) mass is 303 g/mol. The fourth-order valence-corrected chi connectivity index (χ4v) is 3.00. The first kappa shape index (κ1) is 16.5. The standard InChI is InChI=1S/C18H25NO3/c1-22-18(21)16(13-12-14-8-4-2-5-9-14)19-17(20)15-10-6-3-7-11-15/h2,4-5,8-9,15-16H,3,6-7,10-13H2,1H3,(H,19,20)/t16-/m0/s1. The molecule has 1 amide bonds. The Hall–Kier alpha value is -1.84. The van der Waals surface area contributed by atoms with Crippen molar-refractivity contribution in [2.45, 2.75) is 51.0 Å². The Bertz CT molecular complexity index is 480. The number of amides is 1. The average molecular weight is 303 g/mol. The predicted octanol–water partition coefficient (Wildman–Crippen LogP) is 2.86. The van der Waals surface area contributed by atoms with Crippen LogP contribution in [-0.2, 0) is 20.7 Å². The highest BCUT2D eigenvalue weighted by molar-refractivity contribution is 5.85. The van der Waals surface area contributed by atoms with E-state index in [0.717, 1.165) is 37.7 Å². The van der Waals surface area contributed by atoms with Crippen molar-refractivity contribution in [3.63, 3.8) is 0 Å². The van der Waals surface area contributed by atoms with Crippen LogP contribution in [0.4, 0.5) is 0 Å². The van der Waals surface area contributed by atoms with E-state index in [1.54, 1.807) is 0 Å². The molecule has 1 aromatic carbocycles. The van der Waals surface area contributed by atoms with E-state index in [2.05, 4.69) is 5.32 Å². The lowest BCUT2D eigenvalue weighted by molar-refractivity contribution is -0.145. The molecule has 0 bridgehead atoms. The molecule has 0 radical (unpaired) electrons. The molecule has 1 aliphatic rings. The van der Waals surface area contributed by atoms with Crippen LogP contribution in [0.15, 0.2) is 30.3 Å². The van der Waals surface area contributed by atoms with Crippen molar-refractivity contribution in [2.24, 2.45) is 5.92 Å². The van der Waals surface area contributed by atoms with Gasteiger partial charge in [-0.2, -0.15) is 0 Å². The minimum Gasteiger partial charge on any atom is -0.467 e. The van der Waals surface area contributed by atoms with E-state index in [0.29, 0.717) is 6.42 Å². The largest absolute Gasteiger partial charge is 0.467 e. The maximum Gasteiger partial charge on any atom is 0.328 e. The summed E-state index contributed by atoms with van der Waals surface area (Å²) in [5.74, 6) is -0.305. The second-order valence-electron chi connectivity index (χ2n) is 5.94. The van der Waals surface area contributed by atoms with Crippen molar-refractivity contribution < 1.29 is 14.3 Å². The summed E-state index contributed by atoms with van der Waals surface area (Å²) in [5.41, 5.74) is 1.16. The number of benzene rings is 1. The Morgan fingerprint density at radius 3 is 2.50 bits per heavy atom. The summed E-state index contributed by atoms with van der Waals surface area (Å²) in [5, 5.41) is 2.89. The zero-order chi connectivity index (χ0) is 15.8. The van der Waals surface area contributed by atoms with E-state index in [1.165, 1.54) is 13.5 Å². The van der Waals surface area contributed by atoms with Crippen molar-refractivity contribution in [3.8, 4) is 0 Å². The van der Waals surface area contributed by atoms with Crippen molar-refractivity contribution in [1.29, 1.82) is 0 Å². The van der Waals surface area contributed by atoms with Gasteiger partial charge in [0.1, 0.15) is 6.04 Å². The molecule has 1 fully saturated rings. The third-order valence-electron chi connectivity index (χ3n) is 4.34. The molecule has 0 aromatic heterocycles. The quantitative estimate of drug-likeness (QED) is 0.822. The number of aryl methyl sites for hydroxylation is 1. The average Bonchev–Trinajstić information content (AvgIpc) is 2.59. The number of hydrogen-bond acceptors (Lipinski definition) is 3. The summed E-state index contributed by atoms with van der Waals surface area (Å²) in [7, 11) is 1.37. The molecule has 0 unspecified atom stereocenters. The molecule has 0 aliphatic heterocycles. The van der Waals surface area contributed by atoms with Crippen LogP contribution in [0.25, 0.3) is 0 Å². The van der Waals surface area contributed by atoms with Crippen molar-refractivity contribution in [1.82, 2.24) is 5.32 Å². The minimum absolute atomic E-state index is 0.00293. The van der Waals surface area contributed by atoms with E-state index >= 15 is 0 Å². The molecule has 1 N–H and O–H groups in total. The molecule has 22 heavy (non-hydrogen) atoms. The first-order valence-electron chi connectivity index (χ1n) is 8.13. The second-order valence-corrected chi connectivity index (χ2v) is 5.94. The number of methoxy groups -OCH3 is 1. The van der Waals surface area contributed by atoms with Gasteiger partial charge in [0.2, 0.25) is 5.91 Å². The number of rotatable bonds is 6. The van der Waals surface area contributed by atoms with Gasteiger partial charge < -0.3 is 10.1 Å². The van der Waals surface area contributed by atoms with Crippen LogP contribution >= 0.6 is 0 Å². The van der Waals surface area contributed by atoms with E-state index < -0.39 is 6.04 Å². The summed E-state index contributed by atoms with van der Waals surface area (Å²) in [6.07, 6.45) is 6.58. The van der Waals surface area contributed by atoms with Gasteiger partial charge >= 0.3 is 5.97 Å². The van der Waals surface area contributed by atoms with Gasteiger partial charge in [-0.05, 0) is 31.2 Å². The van der Waals surface area contributed by atoms with Crippen LogP contribution in [0.3, 0.4) is 0 Å². The topological polar surface area (TPSA) is 55.4 Å². The fraction of sp³-hybridized carbons (Fsp3) is 0.556. The Labute approximate surface area is 132 Å². The Balaban J connectivity index is 1.91. The summed E-state index contributed by atoms with van der Waals surface area (Å²) in [4.78, 5) is 24.2. The predicted molar refractivity (Wildman–Crippen MR) is 85.3 cm³/mol. The van der Waals surface area contributed by atoms with Gasteiger partial charge in [0.25, 0.3) is 0 Å². The van der Waals surface area contributed by atoms with Gasteiger partial charge in [0, 0.05) is 5.92 Å². The maximum atomic E-state index is 12.3. The lowest BCUT2D eigenvalue weighted by atomic mass is 9.88. The highest BCUT2D eigenvalue weighted by atomic mass is 16.5. The fourth-order valence-electron chi connectivity index (χ4n) is 3.00. The van der Waals surface area contributed by atoms with Gasteiger partial charge in [-0.25, -0.2) is 4.79 Å². The minimum atomic E-state index is -0.556. The first-order valence-corrected chi connectivity index (χ1v) is 8.13. The SMILES string of the molecule is COC(=O)[C@H](CCc1ccccc1)NC(=O)C1CCCCC1. The highest BCUT2D eigenvalue weighted by Crippen LogP contribution is 2.24. The number of esters is 1. The lowest BCUT2D eigenvalue weighted by Crippen LogP contribution is -2.44. The van der Waals surface area contributed by atoms with Gasteiger partial charge in [0.05, 0.1) is 7.11 Å². The molecule has 120 valence electrons. The van der Waals surface area contributed by atoms with E-state index in [1.807, 2.05) is 30.3 Å². The van der Waals surface area contributed by atoms with Crippen molar-refractivity contribution in [3.05, 3.63) is 35.9 Å². The number of carbonyl (C=O) groups excluding carboxylic acids is 2. The summed E-state index contributed by atoms with van der Waals surface area (Å²) in [6, 6.07) is 9.41. The second kappa shape index (κ2) is 8.57. The summed E-state index contributed by atoms with van der Waals surface area (Å²) < 4.78 is 4.84. The molecule has 0 heterocycles. The summed E-state index contributed by atoms with van der Waals surface area (Å²) in [6.45, 7) is 0. The number of ether oxygens (including phenoxy) is 1. The van der Waals surface area contributed by atoms with E-state index in [9.17, 15) is 9.59 Å². The number of nitrogens with one attached hydrogen (secondary N) is 1.